The van der Waals surface area contributed by atoms with E-state index >= 15 is 0 Å². The molecule has 3 heterocycles. The maximum Gasteiger partial charge on any atom is 0.412 e. The SMILES string of the molecule is Cc1ccc(-c2nnc(C)n2CCO)cc1OCc1csc2c(OC(=O)NCCO)cnc(N)c12. The van der Waals surface area contributed by atoms with Crippen LogP contribution in [-0.4, -0.2) is 55.8 Å². The average Bonchev–Trinajstić information content (AvgIpc) is 3.44. The van der Waals surface area contributed by atoms with Gasteiger partial charge in [-0.2, -0.15) is 0 Å². The number of anilines is 1. The molecule has 0 unspecified atom stereocenters. The van der Waals surface area contributed by atoms with Crippen molar-refractivity contribution in [2.24, 2.45) is 0 Å². The van der Waals surface area contributed by atoms with Gasteiger partial charge >= 0.3 is 6.09 Å². The van der Waals surface area contributed by atoms with Crippen LogP contribution in [-0.2, 0) is 13.2 Å². The summed E-state index contributed by atoms with van der Waals surface area (Å²) in [5.74, 6) is 2.61. The molecule has 0 spiro atoms. The molecule has 1 amide bonds. The molecule has 0 fully saturated rings. The lowest BCUT2D eigenvalue weighted by molar-refractivity contribution is 0.196. The molecule has 1 aromatic carbocycles. The number of aliphatic hydroxyl groups excluding tert-OH is 2. The zero-order valence-corrected chi connectivity index (χ0v) is 20.1. The van der Waals surface area contributed by atoms with Gasteiger partial charge in [0.05, 0.1) is 24.1 Å². The normalized spacial score (nSPS) is 11.1. The van der Waals surface area contributed by atoms with E-state index < -0.39 is 6.09 Å². The number of ether oxygens (including phenoxy) is 2. The number of hydrogen-bond acceptors (Lipinski definition) is 10. The lowest BCUT2D eigenvalue weighted by atomic mass is 10.1. The molecule has 4 aromatic rings. The highest BCUT2D eigenvalue weighted by atomic mass is 32.1. The number of carbonyl (C=O) groups excluding carboxylic acids is 1. The second kappa shape index (κ2) is 10.7. The van der Waals surface area contributed by atoms with Crippen LogP contribution >= 0.6 is 11.3 Å². The molecule has 11 nitrogen and oxygen atoms in total. The van der Waals surface area contributed by atoms with E-state index in [0.717, 1.165) is 16.7 Å². The number of pyridine rings is 1. The molecule has 0 aliphatic rings. The average molecular weight is 499 g/mol. The first-order valence-corrected chi connectivity index (χ1v) is 11.8. The first-order chi connectivity index (χ1) is 16.9. The first kappa shape index (κ1) is 24.4. The third kappa shape index (κ3) is 5.19. The Morgan fingerprint density at radius 1 is 1.20 bits per heavy atom. The highest BCUT2D eigenvalue weighted by Gasteiger charge is 2.17. The monoisotopic (exact) mass is 498 g/mol. The van der Waals surface area contributed by atoms with Crippen LogP contribution in [0.4, 0.5) is 10.6 Å². The van der Waals surface area contributed by atoms with E-state index in [1.54, 1.807) is 0 Å². The number of benzene rings is 1. The summed E-state index contributed by atoms with van der Waals surface area (Å²) < 4.78 is 14.0. The number of amides is 1. The minimum atomic E-state index is -0.685. The maximum absolute atomic E-state index is 11.9. The van der Waals surface area contributed by atoms with Crippen molar-refractivity contribution in [3.63, 3.8) is 0 Å². The lowest BCUT2D eigenvalue weighted by Crippen LogP contribution is -2.29. The van der Waals surface area contributed by atoms with E-state index in [2.05, 4.69) is 20.5 Å². The number of carbonyl (C=O) groups is 1. The molecule has 4 rings (SSSR count). The fourth-order valence-electron chi connectivity index (χ4n) is 3.59. The molecule has 0 saturated carbocycles. The van der Waals surface area contributed by atoms with Crippen LogP contribution in [0.1, 0.15) is 17.0 Å². The third-order valence-electron chi connectivity index (χ3n) is 5.34. The number of hydrogen-bond donors (Lipinski definition) is 4. The molecule has 0 bridgehead atoms. The zero-order chi connectivity index (χ0) is 24.9. The third-order valence-corrected chi connectivity index (χ3v) is 6.38. The number of thiophene rings is 1. The van der Waals surface area contributed by atoms with Crippen molar-refractivity contribution in [3.05, 3.63) is 46.7 Å². The minimum Gasteiger partial charge on any atom is -0.489 e. The summed E-state index contributed by atoms with van der Waals surface area (Å²) in [5.41, 5.74) is 8.70. The lowest BCUT2D eigenvalue weighted by Gasteiger charge is -2.12. The van der Waals surface area contributed by atoms with Crippen LogP contribution in [0, 0.1) is 13.8 Å². The van der Waals surface area contributed by atoms with Crippen molar-refractivity contribution in [1.29, 1.82) is 0 Å². The predicted octanol–water partition coefficient (Wildman–Crippen LogP) is 2.41. The Labute approximate surface area is 205 Å². The number of fused-ring (bicyclic) bond motifs is 1. The number of aromatic nitrogens is 4. The first-order valence-electron chi connectivity index (χ1n) is 10.9. The van der Waals surface area contributed by atoms with Gasteiger partial charge in [0.1, 0.15) is 24.0 Å². The second-order valence-electron chi connectivity index (χ2n) is 7.73. The van der Waals surface area contributed by atoms with E-state index in [4.69, 9.17) is 20.3 Å². The summed E-state index contributed by atoms with van der Waals surface area (Å²) in [6.07, 6.45) is 0.713. The summed E-state index contributed by atoms with van der Waals surface area (Å²) in [6, 6.07) is 5.77. The smallest absolute Gasteiger partial charge is 0.412 e. The molecule has 5 N–H and O–H groups in total. The molecule has 184 valence electrons. The summed E-state index contributed by atoms with van der Waals surface area (Å²) in [5, 5.41) is 31.6. The van der Waals surface area contributed by atoms with E-state index in [-0.39, 0.29) is 32.1 Å². The van der Waals surface area contributed by atoms with Gasteiger partial charge in [0, 0.05) is 29.6 Å². The fraction of sp³-hybridized carbons (Fsp3) is 0.304. The van der Waals surface area contributed by atoms with E-state index in [1.165, 1.54) is 17.5 Å². The molecular formula is C23H26N6O5S. The van der Waals surface area contributed by atoms with Crippen LogP contribution in [0.15, 0.2) is 29.8 Å². The van der Waals surface area contributed by atoms with Crippen molar-refractivity contribution in [2.75, 3.05) is 25.5 Å². The molecule has 0 atom stereocenters. The number of aliphatic hydroxyl groups is 2. The van der Waals surface area contributed by atoms with Gasteiger partial charge in [-0.05, 0) is 30.9 Å². The summed E-state index contributed by atoms with van der Waals surface area (Å²) in [7, 11) is 0. The van der Waals surface area contributed by atoms with Gasteiger partial charge < -0.3 is 35.3 Å². The molecule has 0 radical (unpaired) electrons. The van der Waals surface area contributed by atoms with E-state index in [9.17, 15) is 9.90 Å². The second-order valence-corrected chi connectivity index (χ2v) is 8.61. The Balaban J connectivity index is 1.58. The highest BCUT2D eigenvalue weighted by Crippen LogP contribution is 2.37. The Morgan fingerprint density at radius 3 is 2.80 bits per heavy atom. The van der Waals surface area contributed by atoms with Crippen molar-refractivity contribution in [1.82, 2.24) is 25.1 Å². The topological polar surface area (TPSA) is 158 Å². The predicted molar refractivity (Wildman–Crippen MR) is 131 cm³/mol. The Morgan fingerprint density at radius 2 is 2.03 bits per heavy atom. The Kier molecular flexibility index (Phi) is 7.44. The molecule has 0 saturated heterocycles. The molecular weight excluding hydrogens is 472 g/mol. The van der Waals surface area contributed by atoms with Crippen LogP contribution < -0.4 is 20.5 Å². The molecule has 12 heteroatoms. The van der Waals surface area contributed by atoms with E-state index in [1.807, 2.05) is 42.0 Å². The molecule has 3 aromatic heterocycles. The summed E-state index contributed by atoms with van der Waals surface area (Å²) in [4.78, 5) is 16.1. The largest absolute Gasteiger partial charge is 0.489 e. The van der Waals surface area contributed by atoms with Crippen molar-refractivity contribution >= 4 is 33.3 Å². The number of aryl methyl sites for hydroxylation is 2. The number of nitrogens with one attached hydrogen (secondary N) is 1. The van der Waals surface area contributed by atoms with Crippen LogP contribution in [0.2, 0.25) is 0 Å². The standard InChI is InChI=1S/C23H26N6O5S/c1-13-3-4-15(22-28-27-14(2)29(22)6-8-31)9-17(13)33-11-16-12-35-20-18(10-26-21(24)19(16)20)34-23(32)25-5-7-30/h3-4,9-10,12,30-31H,5-8,11H2,1-2H3,(H2,24,26)(H,25,32). The molecule has 0 aliphatic heterocycles. The number of nitrogen functional groups attached to an aromatic ring is 1. The molecule has 0 aliphatic carbocycles. The number of nitrogens with zero attached hydrogens (tertiary/aromatic N) is 4. The van der Waals surface area contributed by atoms with Crippen LogP contribution in [0.5, 0.6) is 11.5 Å². The fourth-order valence-corrected chi connectivity index (χ4v) is 4.60. The zero-order valence-electron chi connectivity index (χ0n) is 19.3. The van der Waals surface area contributed by atoms with Crippen molar-refractivity contribution < 1.29 is 24.5 Å². The summed E-state index contributed by atoms with van der Waals surface area (Å²) >= 11 is 1.37. The minimum absolute atomic E-state index is 0.0173. The van der Waals surface area contributed by atoms with Gasteiger partial charge in [-0.3, -0.25) is 0 Å². The van der Waals surface area contributed by atoms with Crippen molar-refractivity contribution in [2.45, 2.75) is 27.0 Å². The van der Waals surface area contributed by atoms with Gasteiger partial charge in [0.25, 0.3) is 0 Å². The Hall–Kier alpha value is -3.74. The van der Waals surface area contributed by atoms with Gasteiger partial charge in [-0.25, -0.2) is 9.78 Å². The van der Waals surface area contributed by atoms with Crippen molar-refractivity contribution in [3.8, 4) is 22.9 Å². The highest BCUT2D eigenvalue weighted by molar-refractivity contribution is 7.17. The quantitative estimate of drug-likeness (QED) is 0.272. The van der Waals surface area contributed by atoms with E-state index in [0.29, 0.717) is 39.8 Å². The van der Waals surface area contributed by atoms with Gasteiger partial charge in [-0.15, -0.1) is 21.5 Å². The maximum atomic E-state index is 11.9. The number of rotatable bonds is 9. The van der Waals surface area contributed by atoms with Gasteiger partial charge in [-0.1, -0.05) is 12.1 Å². The van der Waals surface area contributed by atoms with Gasteiger partial charge in [0.15, 0.2) is 11.6 Å². The number of nitrogens with two attached hydrogens (primary N) is 1. The van der Waals surface area contributed by atoms with Crippen LogP contribution in [0.25, 0.3) is 21.5 Å². The Bertz CT molecular complexity index is 1350. The van der Waals surface area contributed by atoms with Gasteiger partial charge in [0.2, 0.25) is 0 Å². The summed E-state index contributed by atoms with van der Waals surface area (Å²) in [6.45, 7) is 4.28. The molecule has 35 heavy (non-hydrogen) atoms. The van der Waals surface area contributed by atoms with Crippen LogP contribution in [0.3, 0.4) is 0 Å².